The fourth-order valence-corrected chi connectivity index (χ4v) is 6.40. The van der Waals surface area contributed by atoms with Crippen LogP contribution in [0, 0.1) is 10.8 Å². The normalized spacial score (nSPS) is 19.8. The van der Waals surface area contributed by atoms with E-state index in [2.05, 4.69) is 51.3 Å². The van der Waals surface area contributed by atoms with E-state index in [0.29, 0.717) is 13.0 Å². The second-order valence-corrected chi connectivity index (χ2v) is 12.4. The lowest BCUT2D eigenvalue weighted by molar-refractivity contribution is 0.111. The van der Waals surface area contributed by atoms with Crippen LogP contribution >= 0.6 is 11.3 Å². The lowest BCUT2D eigenvalue weighted by atomic mass is 9.75. The molecule has 0 bridgehead atoms. The van der Waals surface area contributed by atoms with Crippen LogP contribution in [0.2, 0.25) is 0 Å². The topological polar surface area (TPSA) is 81.6 Å². The van der Waals surface area contributed by atoms with Crippen molar-refractivity contribution in [1.82, 2.24) is 10.6 Å². The standard InChI is InChI=1S/C26H38N2O3S/c1-25(2,3)13-18-12-19-21(14-26(4,5)15-23(19)32-18)27-16-22(29)20(28-24(30)31)11-17-9-7-6-8-10-17/h6-10,12,20-22,27-29H,11,13-16H2,1-5H3,(H,30,31)/t20-,21-,22+/m0/s1. The number of hydrogen-bond donors (Lipinski definition) is 4. The molecule has 1 aliphatic carbocycles. The van der Waals surface area contributed by atoms with Gasteiger partial charge in [-0.3, -0.25) is 0 Å². The number of fused-ring (bicyclic) bond motifs is 1. The maximum atomic E-state index is 11.3. The highest BCUT2D eigenvalue weighted by molar-refractivity contribution is 7.12. The van der Waals surface area contributed by atoms with E-state index in [0.717, 1.165) is 24.8 Å². The molecule has 0 fully saturated rings. The SMILES string of the molecule is CC(C)(C)Cc1cc2c(s1)CC(C)(C)C[C@@H]2NC[C@@H](O)[C@H](Cc1ccccc1)NC(=O)O. The molecule has 0 aliphatic heterocycles. The van der Waals surface area contributed by atoms with Gasteiger partial charge >= 0.3 is 6.09 Å². The molecule has 32 heavy (non-hydrogen) atoms. The predicted molar refractivity (Wildman–Crippen MR) is 131 cm³/mol. The molecule has 0 spiro atoms. The summed E-state index contributed by atoms with van der Waals surface area (Å²) in [6.07, 6.45) is 1.64. The molecule has 4 N–H and O–H groups in total. The fraction of sp³-hybridized carbons (Fsp3) is 0.577. The number of amides is 1. The van der Waals surface area contributed by atoms with E-state index < -0.39 is 18.2 Å². The molecule has 0 saturated carbocycles. The molecule has 1 aliphatic rings. The van der Waals surface area contributed by atoms with E-state index in [-0.39, 0.29) is 16.9 Å². The number of aliphatic hydroxyl groups is 1. The molecule has 0 radical (unpaired) electrons. The number of thiophene rings is 1. The van der Waals surface area contributed by atoms with Gasteiger partial charge in [-0.15, -0.1) is 11.3 Å². The van der Waals surface area contributed by atoms with Gasteiger partial charge in [0.15, 0.2) is 0 Å². The van der Waals surface area contributed by atoms with E-state index in [9.17, 15) is 15.0 Å². The highest BCUT2D eigenvalue weighted by Crippen LogP contribution is 2.45. The second-order valence-electron chi connectivity index (χ2n) is 11.1. The third-order valence-corrected chi connectivity index (χ3v) is 7.16. The molecule has 1 heterocycles. The maximum Gasteiger partial charge on any atom is 0.404 e. The Morgan fingerprint density at radius 3 is 2.56 bits per heavy atom. The van der Waals surface area contributed by atoms with Gasteiger partial charge in [-0.2, -0.15) is 0 Å². The number of rotatable bonds is 8. The van der Waals surface area contributed by atoms with Gasteiger partial charge in [-0.25, -0.2) is 4.79 Å². The average Bonchev–Trinajstić information content (AvgIpc) is 3.04. The minimum Gasteiger partial charge on any atom is -0.465 e. The van der Waals surface area contributed by atoms with Gasteiger partial charge in [0, 0.05) is 22.3 Å². The predicted octanol–water partition coefficient (Wildman–Crippen LogP) is 5.18. The molecule has 0 unspecified atom stereocenters. The van der Waals surface area contributed by atoms with Gasteiger partial charge in [0.1, 0.15) is 0 Å². The van der Waals surface area contributed by atoms with Crippen LogP contribution in [0.25, 0.3) is 0 Å². The number of aliphatic hydroxyl groups excluding tert-OH is 1. The summed E-state index contributed by atoms with van der Waals surface area (Å²) in [4.78, 5) is 14.2. The Kier molecular flexibility index (Phi) is 7.69. The Morgan fingerprint density at radius 2 is 1.94 bits per heavy atom. The molecule has 1 aromatic carbocycles. The minimum atomic E-state index is -1.12. The van der Waals surface area contributed by atoms with Crippen LogP contribution in [-0.4, -0.2) is 35.0 Å². The van der Waals surface area contributed by atoms with Crippen LogP contribution in [0.4, 0.5) is 4.79 Å². The van der Waals surface area contributed by atoms with E-state index in [1.807, 2.05) is 41.7 Å². The number of nitrogens with one attached hydrogen (secondary N) is 2. The van der Waals surface area contributed by atoms with Gasteiger partial charge in [-0.05, 0) is 53.7 Å². The molecular formula is C26H38N2O3S. The highest BCUT2D eigenvalue weighted by Gasteiger charge is 2.35. The third-order valence-electron chi connectivity index (χ3n) is 6.01. The average molecular weight is 459 g/mol. The summed E-state index contributed by atoms with van der Waals surface area (Å²) in [5.74, 6) is 0. The first-order valence-corrected chi connectivity index (χ1v) is 12.3. The summed E-state index contributed by atoms with van der Waals surface area (Å²) < 4.78 is 0. The van der Waals surface area contributed by atoms with Crippen LogP contribution in [0.5, 0.6) is 0 Å². The van der Waals surface area contributed by atoms with Crippen molar-refractivity contribution < 1.29 is 15.0 Å². The molecule has 3 atom stereocenters. The van der Waals surface area contributed by atoms with Crippen LogP contribution in [0.15, 0.2) is 36.4 Å². The van der Waals surface area contributed by atoms with E-state index in [1.54, 1.807) is 0 Å². The number of hydrogen-bond acceptors (Lipinski definition) is 4. The van der Waals surface area contributed by atoms with Crippen LogP contribution < -0.4 is 10.6 Å². The monoisotopic (exact) mass is 458 g/mol. The van der Waals surface area contributed by atoms with Crippen molar-refractivity contribution in [1.29, 1.82) is 0 Å². The van der Waals surface area contributed by atoms with Crippen molar-refractivity contribution >= 4 is 17.4 Å². The zero-order valence-corrected chi connectivity index (χ0v) is 20.8. The molecule has 5 nitrogen and oxygen atoms in total. The molecule has 1 aromatic heterocycles. The van der Waals surface area contributed by atoms with E-state index in [4.69, 9.17) is 0 Å². The van der Waals surface area contributed by atoms with Gasteiger partial charge in [-0.1, -0.05) is 65.0 Å². The quantitative estimate of drug-likeness (QED) is 0.439. The number of benzene rings is 1. The molecular weight excluding hydrogens is 420 g/mol. The van der Waals surface area contributed by atoms with Crippen molar-refractivity contribution in [2.75, 3.05) is 6.54 Å². The summed E-state index contributed by atoms with van der Waals surface area (Å²) in [6, 6.07) is 11.6. The van der Waals surface area contributed by atoms with E-state index in [1.165, 1.54) is 15.3 Å². The summed E-state index contributed by atoms with van der Waals surface area (Å²) >= 11 is 1.93. The molecule has 3 rings (SSSR count). The summed E-state index contributed by atoms with van der Waals surface area (Å²) in [5.41, 5.74) is 2.78. The van der Waals surface area contributed by atoms with Crippen LogP contribution in [0.1, 0.15) is 68.0 Å². The second kappa shape index (κ2) is 9.94. The van der Waals surface area contributed by atoms with Crippen LogP contribution in [-0.2, 0) is 19.3 Å². The van der Waals surface area contributed by atoms with Crippen molar-refractivity contribution in [2.24, 2.45) is 10.8 Å². The molecule has 1 amide bonds. The van der Waals surface area contributed by atoms with Crippen molar-refractivity contribution in [3.63, 3.8) is 0 Å². The first-order valence-electron chi connectivity index (χ1n) is 11.5. The Hall–Kier alpha value is -1.89. The van der Waals surface area contributed by atoms with Crippen LogP contribution in [0.3, 0.4) is 0 Å². The van der Waals surface area contributed by atoms with Gasteiger partial charge < -0.3 is 20.8 Å². The van der Waals surface area contributed by atoms with Gasteiger partial charge in [0.05, 0.1) is 12.1 Å². The van der Waals surface area contributed by atoms with Crippen molar-refractivity contribution in [3.05, 3.63) is 57.3 Å². The number of carboxylic acid groups (broad SMARTS) is 1. The summed E-state index contributed by atoms with van der Waals surface area (Å²) in [5, 5.41) is 26.3. The van der Waals surface area contributed by atoms with Crippen molar-refractivity contribution in [2.45, 2.75) is 78.5 Å². The first kappa shape index (κ1) is 24.7. The highest BCUT2D eigenvalue weighted by atomic mass is 32.1. The van der Waals surface area contributed by atoms with Gasteiger partial charge in [0.25, 0.3) is 0 Å². The maximum absolute atomic E-state index is 11.3. The van der Waals surface area contributed by atoms with Crippen molar-refractivity contribution in [3.8, 4) is 0 Å². The largest absolute Gasteiger partial charge is 0.465 e. The summed E-state index contributed by atoms with van der Waals surface area (Å²) in [6.45, 7) is 11.7. The molecule has 0 saturated heterocycles. The Morgan fingerprint density at radius 1 is 1.25 bits per heavy atom. The Balaban J connectivity index is 1.72. The molecule has 2 aromatic rings. The zero-order valence-electron chi connectivity index (χ0n) is 19.9. The first-order chi connectivity index (χ1) is 14.9. The lowest BCUT2D eigenvalue weighted by Crippen LogP contribution is -2.49. The Bertz CT molecular complexity index is 902. The summed E-state index contributed by atoms with van der Waals surface area (Å²) in [7, 11) is 0. The smallest absolute Gasteiger partial charge is 0.404 e. The minimum absolute atomic E-state index is 0.163. The van der Waals surface area contributed by atoms with E-state index >= 15 is 0 Å². The van der Waals surface area contributed by atoms with Gasteiger partial charge in [0.2, 0.25) is 0 Å². The molecule has 6 heteroatoms. The fourth-order valence-electron chi connectivity index (χ4n) is 4.61. The molecule has 176 valence electrons. The number of carbonyl (C=O) groups is 1. The lowest BCUT2D eigenvalue weighted by Gasteiger charge is -2.36. The Labute approximate surface area is 196 Å². The third kappa shape index (κ3) is 7.06. The zero-order chi connectivity index (χ0) is 23.5.